The largest absolute Gasteiger partial charge is 0.295 e. The van der Waals surface area contributed by atoms with Crippen molar-refractivity contribution in [2.45, 2.75) is 24.8 Å². The highest BCUT2D eigenvalue weighted by molar-refractivity contribution is 9.10. The maximum atomic E-state index is 8.63. The maximum absolute atomic E-state index is 8.63. The van der Waals surface area contributed by atoms with Gasteiger partial charge in [-0.25, -0.2) is 0 Å². The third-order valence-corrected chi connectivity index (χ3v) is 3.58. The van der Waals surface area contributed by atoms with Crippen molar-refractivity contribution in [3.05, 3.63) is 34.3 Å². The lowest BCUT2D eigenvalue weighted by atomic mass is 9.72. The number of benzene rings is 1. The molecular weight excluding hydrogens is 252 g/mol. The quantitative estimate of drug-likeness (QED) is 0.853. The van der Waals surface area contributed by atoms with Crippen LogP contribution in [-0.2, 0) is 5.54 Å². The highest BCUT2D eigenvalue weighted by Crippen LogP contribution is 2.41. The molecule has 15 heavy (non-hydrogen) atoms. The van der Waals surface area contributed by atoms with E-state index < -0.39 is 0 Å². The van der Waals surface area contributed by atoms with Crippen LogP contribution in [0.5, 0.6) is 0 Å². The molecule has 0 aliphatic heterocycles. The molecule has 1 fully saturated rings. The van der Waals surface area contributed by atoms with Crippen LogP contribution >= 0.6 is 15.9 Å². The predicted octanol–water partition coefficient (Wildman–Crippen LogP) is 2.94. The Morgan fingerprint density at radius 3 is 2.80 bits per heavy atom. The van der Waals surface area contributed by atoms with Gasteiger partial charge in [0.15, 0.2) is 0 Å². The SMILES string of the molecule is N#CCNC1(c2cccc(Br)c2)CCC1. The van der Waals surface area contributed by atoms with Gasteiger partial charge in [0.25, 0.3) is 0 Å². The number of nitrogens with zero attached hydrogens (tertiary/aromatic N) is 1. The third-order valence-electron chi connectivity index (χ3n) is 3.09. The van der Waals surface area contributed by atoms with Crippen molar-refractivity contribution in [3.63, 3.8) is 0 Å². The van der Waals surface area contributed by atoms with Crippen LogP contribution in [0.3, 0.4) is 0 Å². The van der Waals surface area contributed by atoms with E-state index in [0.29, 0.717) is 6.54 Å². The van der Waals surface area contributed by atoms with Crippen LogP contribution in [0, 0.1) is 11.3 Å². The van der Waals surface area contributed by atoms with Gasteiger partial charge in [-0.2, -0.15) is 5.26 Å². The average Bonchev–Trinajstić information content (AvgIpc) is 2.16. The Balaban J connectivity index is 2.23. The van der Waals surface area contributed by atoms with E-state index in [1.54, 1.807) is 0 Å². The summed E-state index contributed by atoms with van der Waals surface area (Å²) in [4.78, 5) is 0. The minimum atomic E-state index is 0.0551. The first-order chi connectivity index (χ1) is 7.27. The smallest absolute Gasteiger partial charge is 0.0847 e. The molecule has 0 unspecified atom stereocenters. The minimum Gasteiger partial charge on any atom is -0.295 e. The lowest BCUT2D eigenvalue weighted by Gasteiger charge is -2.43. The van der Waals surface area contributed by atoms with Crippen LogP contribution in [0.1, 0.15) is 24.8 Å². The zero-order valence-electron chi connectivity index (χ0n) is 8.46. The van der Waals surface area contributed by atoms with E-state index >= 15 is 0 Å². The number of hydrogen-bond donors (Lipinski definition) is 1. The Hall–Kier alpha value is -0.850. The summed E-state index contributed by atoms with van der Waals surface area (Å²) < 4.78 is 1.10. The second-order valence-corrected chi connectivity index (χ2v) is 4.87. The molecular formula is C12H13BrN2. The van der Waals surface area contributed by atoms with Crippen LogP contribution in [-0.4, -0.2) is 6.54 Å². The van der Waals surface area contributed by atoms with E-state index in [4.69, 9.17) is 5.26 Å². The van der Waals surface area contributed by atoms with Gasteiger partial charge in [-0.15, -0.1) is 0 Å². The molecule has 0 saturated heterocycles. The molecule has 1 aliphatic carbocycles. The van der Waals surface area contributed by atoms with Gasteiger partial charge in [0.2, 0.25) is 0 Å². The molecule has 0 amide bonds. The van der Waals surface area contributed by atoms with Crippen molar-refractivity contribution in [2.75, 3.05) is 6.54 Å². The van der Waals surface area contributed by atoms with Gasteiger partial charge in [0.1, 0.15) is 0 Å². The van der Waals surface area contributed by atoms with Crippen molar-refractivity contribution in [2.24, 2.45) is 0 Å². The molecule has 0 radical (unpaired) electrons. The van der Waals surface area contributed by atoms with Crippen LogP contribution in [0.25, 0.3) is 0 Å². The number of rotatable bonds is 3. The summed E-state index contributed by atoms with van der Waals surface area (Å²) in [6, 6.07) is 10.5. The van der Waals surface area contributed by atoms with Gasteiger partial charge in [0, 0.05) is 10.0 Å². The van der Waals surface area contributed by atoms with Crippen LogP contribution < -0.4 is 5.32 Å². The predicted molar refractivity (Wildman–Crippen MR) is 63.3 cm³/mol. The topological polar surface area (TPSA) is 35.8 Å². The molecule has 78 valence electrons. The fourth-order valence-corrected chi connectivity index (χ4v) is 2.49. The molecule has 0 bridgehead atoms. The zero-order valence-corrected chi connectivity index (χ0v) is 10.0. The van der Waals surface area contributed by atoms with Crippen LogP contribution in [0.15, 0.2) is 28.7 Å². The van der Waals surface area contributed by atoms with E-state index in [1.807, 2.05) is 12.1 Å². The van der Waals surface area contributed by atoms with Gasteiger partial charge < -0.3 is 0 Å². The second kappa shape index (κ2) is 4.34. The molecule has 2 rings (SSSR count). The van der Waals surface area contributed by atoms with Crippen LogP contribution in [0.2, 0.25) is 0 Å². The lowest BCUT2D eigenvalue weighted by Crippen LogP contribution is -2.48. The number of hydrogen-bond acceptors (Lipinski definition) is 2. The summed E-state index contributed by atoms with van der Waals surface area (Å²) >= 11 is 3.48. The fraction of sp³-hybridized carbons (Fsp3) is 0.417. The Kier molecular flexibility index (Phi) is 3.08. The van der Waals surface area contributed by atoms with Crippen LogP contribution in [0.4, 0.5) is 0 Å². The average molecular weight is 265 g/mol. The van der Waals surface area contributed by atoms with Gasteiger partial charge in [-0.05, 0) is 37.0 Å². The zero-order chi connectivity index (χ0) is 10.7. The monoisotopic (exact) mass is 264 g/mol. The number of nitrogens with one attached hydrogen (secondary N) is 1. The fourth-order valence-electron chi connectivity index (χ4n) is 2.09. The molecule has 1 saturated carbocycles. The van der Waals surface area contributed by atoms with E-state index in [-0.39, 0.29) is 5.54 Å². The first-order valence-corrected chi connectivity index (χ1v) is 5.94. The van der Waals surface area contributed by atoms with Crippen molar-refractivity contribution in [1.82, 2.24) is 5.32 Å². The molecule has 0 spiro atoms. The normalized spacial score (nSPS) is 17.9. The molecule has 1 aromatic rings. The highest BCUT2D eigenvalue weighted by Gasteiger charge is 2.37. The lowest BCUT2D eigenvalue weighted by molar-refractivity contribution is 0.194. The Morgan fingerprint density at radius 2 is 2.27 bits per heavy atom. The number of halogens is 1. The summed E-state index contributed by atoms with van der Waals surface area (Å²) in [5, 5.41) is 12.0. The summed E-state index contributed by atoms with van der Waals surface area (Å²) in [5.41, 5.74) is 1.35. The molecule has 1 aromatic carbocycles. The van der Waals surface area contributed by atoms with Crippen molar-refractivity contribution < 1.29 is 0 Å². The standard InChI is InChI=1S/C12H13BrN2/c13-11-4-1-3-10(9-11)12(5-2-6-12)15-8-7-14/h1,3-4,9,15H,2,5-6,8H2. The van der Waals surface area contributed by atoms with E-state index in [1.165, 1.54) is 12.0 Å². The molecule has 0 aromatic heterocycles. The van der Waals surface area contributed by atoms with E-state index in [0.717, 1.165) is 17.3 Å². The molecule has 0 atom stereocenters. The highest BCUT2D eigenvalue weighted by atomic mass is 79.9. The second-order valence-electron chi connectivity index (χ2n) is 3.96. The third kappa shape index (κ3) is 2.06. The van der Waals surface area contributed by atoms with Crippen molar-refractivity contribution in [1.29, 1.82) is 5.26 Å². The molecule has 2 nitrogen and oxygen atoms in total. The van der Waals surface area contributed by atoms with Gasteiger partial charge in [-0.1, -0.05) is 28.1 Å². The number of nitriles is 1. The Labute approximate surface area is 98.4 Å². The Bertz CT molecular complexity index is 391. The minimum absolute atomic E-state index is 0.0551. The van der Waals surface area contributed by atoms with Gasteiger partial charge in [0.05, 0.1) is 12.6 Å². The molecule has 0 heterocycles. The summed E-state index contributed by atoms with van der Waals surface area (Å²) in [7, 11) is 0. The van der Waals surface area contributed by atoms with Gasteiger partial charge >= 0.3 is 0 Å². The maximum Gasteiger partial charge on any atom is 0.0847 e. The first-order valence-electron chi connectivity index (χ1n) is 5.15. The first kappa shape index (κ1) is 10.7. The summed E-state index contributed by atoms with van der Waals surface area (Å²) in [6.45, 7) is 0.423. The van der Waals surface area contributed by atoms with E-state index in [2.05, 4.69) is 39.4 Å². The molecule has 1 aliphatic rings. The van der Waals surface area contributed by atoms with Crippen molar-refractivity contribution in [3.8, 4) is 6.07 Å². The van der Waals surface area contributed by atoms with E-state index in [9.17, 15) is 0 Å². The molecule has 3 heteroatoms. The van der Waals surface area contributed by atoms with Crippen molar-refractivity contribution >= 4 is 15.9 Å². The summed E-state index contributed by atoms with van der Waals surface area (Å²) in [6.07, 6.45) is 3.50. The summed E-state index contributed by atoms with van der Waals surface area (Å²) in [5.74, 6) is 0. The van der Waals surface area contributed by atoms with Gasteiger partial charge in [-0.3, -0.25) is 5.32 Å². The Morgan fingerprint density at radius 1 is 1.47 bits per heavy atom. The molecule has 1 N–H and O–H groups in total.